The number of carbonyl (C=O) groups is 1. The average molecular weight is 395 g/mol. The average Bonchev–Trinajstić information content (AvgIpc) is 3.17. The van der Waals surface area contributed by atoms with E-state index in [4.69, 9.17) is 4.74 Å². The number of rotatable bonds is 6. The van der Waals surface area contributed by atoms with Gasteiger partial charge in [0.05, 0.1) is 12.8 Å². The van der Waals surface area contributed by atoms with Gasteiger partial charge in [-0.1, -0.05) is 18.2 Å². The van der Waals surface area contributed by atoms with Gasteiger partial charge in [-0.05, 0) is 25.0 Å². The first kappa shape index (κ1) is 19.0. The van der Waals surface area contributed by atoms with E-state index in [2.05, 4.69) is 42.5 Å². The minimum absolute atomic E-state index is 0.257. The third-order valence-corrected chi connectivity index (χ3v) is 5.03. The summed E-state index contributed by atoms with van der Waals surface area (Å²) in [4.78, 5) is 23.5. The fraction of sp³-hybridized carbons (Fsp3) is 0.400. The number of carbonyl (C=O) groups excluding carboxylic acids is 1. The van der Waals surface area contributed by atoms with E-state index in [1.54, 1.807) is 11.1 Å². The van der Waals surface area contributed by atoms with Crippen molar-refractivity contribution in [1.29, 1.82) is 0 Å². The standard InChI is InChI=1S/C20H25N7O2/c1-2-29-20(28)27-11-9-26(10-12-27)18-14-23-25-19(24-18)21-8-7-15-13-22-17-6-4-3-5-16(15)17/h3-6,13-14,22H,2,7-12H2,1H3,(H,21,24,25). The summed E-state index contributed by atoms with van der Waals surface area (Å²) in [5, 5.41) is 12.7. The molecular formula is C20H25N7O2. The normalized spacial score (nSPS) is 14.2. The van der Waals surface area contributed by atoms with Gasteiger partial charge in [-0.3, -0.25) is 0 Å². The Kier molecular flexibility index (Phi) is 5.73. The van der Waals surface area contributed by atoms with Gasteiger partial charge in [-0.15, -0.1) is 5.10 Å². The molecule has 1 saturated heterocycles. The summed E-state index contributed by atoms with van der Waals surface area (Å²) in [6, 6.07) is 8.27. The number of anilines is 2. The molecule has 4 rings (SSSR count). The van der Waals surface area contributed by atoms with E-state index in [0.29, 0.717) is 45.3 Å². The summed E-state index contributed by atoms with van der Waals surface area (Å²) in [7, 11) is 0. The Balaban J connectivity index is 1.31. The molecule has 0 radical (unpaired) electrons. The number of piperazine rings is 1. The number of benzene rings is 1. The van der Waals surface area contributed by atoms with E-state index in [1.165, 1.54) is 10.9 Å². The first-order chi connectivity index (χ1) is 14.2. The van der Waals surface area contributed by atoms with Crippen LogP contribution in [0.3, 0.4) is 0 Å². The smallest absolute Gasteiger partial charge is 0.409 e. The highest BCUT2D eigenvalue weighted by molar-refractivity contribution is 5.83. The van der Waals surface area contributed by atoms with Gasteiger partial charge in [-0.25, -0.2) is 4.79 Å². The second-order valence-corrected chi connectivity index (χ2v) is 6.85. The van der Waals surface area contributed by atoms with Crippen LogP contribution in [0.4, 0.5) is 16.6 Å². The summed E-state index contributed by atoms with van der Waals surface area (Å²) in [6.45, 7) is 5.50. The molecule has 1 fully saturated rings. The number of aromatic amines is 1. The molecule has 0 aliphatic carbocycles. The van der Waals surface area contributed by atoms with Gasteiger partial charge in [0.2, 0.25) is 5.95 Å². The van der Waals surface area contributed by atoms with Crippen LogP contribution in [0, 0.1) is 0 Å². The molecule has 3 heterocycles. The van der Waals surface area contributed by atoms with Crippen molar-refractivity contribution in [3.63, 3.8) is 0 Å². The topological polar surface area (TPSA) is 99.3 Å². The van der Waals surface area contributed by atoms with Crippen LogP contribution in [0.2, 0.25) is 0 Å². The van der Waals surface area contributed by atoms with Crippen molar-refractivity contribution in [2.75, 3.05) is 49.5 Å². The van der Waals surface area contributed by atoms with Crippen LogP contribution in [0.25, 0.3) is 10.9 Å². The Bertz CT molecular complexity index is 966. The van der Waals surface area contributed by atoms with Crippen LogP contribution in [0.5, 0.6) is 0 Å². The minimum Gasteiger partial charge on any atom is -0.450 e. The van der Waals surface area contributed by atoms with Crippen LogP contribution >= 0.6 is 0 Å². The number of nitrogens with one attached hydrogen (secondary N) is 2. The van der Waals surface area contributed by atoms with Gasteiger partial charge in [0.25, 0.3) is 0 Å². The van der Waals surface area contributed by atoms with Crippen molar-refractivity contribution in [3.8, 4) is 0 Å². The summed E-state index contributed by atoms with van der Waals surface area (Å²) < 4.78 is 5.06. The van der Waals surface area contributed by atoms with Gasteiger partial charge < -0.3 is 24.8 Å². The van der Waals surface area contributed by atoms with Crippen molar-refractivity contribution in [2.24, 2.45) is 0 Å². The maximum atomic E-state index is 11.8. The Morgan fingerprint density at radius 3 is 2.90 bits per heavy atom. The predicted molar refractivity (Wildman–Crippen MR) is 111 cm³/mol. The molecule has 0 bridgehead atoms. The number of amides is 1. The molecule has 1 aromatic carbocycles. The zero-order chi connectivity index (χ0) is 20.1. The van der Waals surface area contributed by atoms with Crippen LogP contribution in [-0.4, -0.2) is 70.5 Å². The molecule has 29 heavy (non-hydrogen) atoms. The van der Waals surface area contributed by atoms with Gasteiger partial charge in [-0.2, -0.15) is 10.1 Å². The first-order valence-corrected chi connectivity index (χ1v) is 9.90. The Labute approximate surface area is 169 Å². The molecule has 1 amide bonds. The van der Waals surface area contributed by atoms with E-state index >= 15 is 0 Å². The van der Waals surface area contributed by atoms with E-state index < -0.39 is 0 Å². The van der Waals surface area contributed by atoms with Crippen LogP contribution in [0.1, 0.15) is 12.5 Å². The molecule has 0 unspecified atom stereocenters. The lowest BCUT2D eigenvalue weighted by atomic mass is 10.1. The third-order valence-electron chi connectivity index (χ3n) is 5.03. The molecule has 152 valence electrons. The molecule has 0 spiro atoms. The number of hydrogen-bond acceptors (Lipinski definition) is 7. The zero-order valence-corrected chi connectivity index (χ0v) is 16.5. The van der Waals surface area contributed by atoms with Crippen LogP contribution in [0.15, 0.2) is 36.7 Å². The summed E-state index contributed by atoms with van der Waals surface area (Å²) in [5.41, 5.74) is 2.40. The second-order valence-electron chi connectivity index (χ2n) is 6.85. The van der Waals surface area contributed by atoms with E-state index in [9.17, 15) is 4.79 Å². The van der Waals surface area contributed by atoms with E-state index in [0.717, 1.165) is 17.8 Å². The molecule has 1 aliphatic heterocycles. The predicted octanol–water partition coefficient (Wildman–Crippen LogP) is 2.29. The molecule has 9 heteroatoms. The van der Waals surface area contributed by atoms with Gasteiger partial charge in [0.1, 0.15) is 0 Å². The van der Waals surface area contributed by atoms with Crippen molar-refractivity contribution in [1.82, 2.24) is 25.1 Å². The SMILES string of the molecule is CCOC(=O)N1CCN(c2cnnc(NCCc3c[nH]c4ccccc34)n2)CC1. The highest BCUT2D eigenvalue weighted by Crippen LogP contribution is 2.18. The highest BCUT2D eigenvalue weighted by Gasteiger charge is 2.23. The third kappa shape index (κ3) is 4.39. The lowest BCUT2D eigenvalue weighted by Crippen LogP contribution is -2.49. The molecule has 2 N–H and O–H groups in total. The van der Waals surface area contributed by atoms with Gasteiger partial charge in [0, 0.05) is 49.8 Å². The minimum atomic E-state index is -0.257. The molecule has 3 aromatic rings. The maximum Gasteiger partial charge on any atom is 0.409 e. The number of hydrogen-bond donors (Lipinski definition) is 2. The summed E-state index contributed by atoms with van der Waals surface area (Å²) in [5.74, 6) is 1.27. The van der Waals surface area contributed by atoms with Crippen molar-refractivity contribution in [2.45, 2.75) is 13.3 Å². The second kappa shape index (κ2) is 8.76. The first-order valence-electron chi connectivity index (χ1n) is 9.90. The van der Waals surface area contributed by atoms with Crippen molar-refractivity contribution in [3.05, 3.63) is 42.2 Å². The summed E-state index contributed by atoms with van der Waals surface area (Å²) in [6.07, 6.45) is 4.30. The van der Waals surface area contributed by atoms with Gasteiger partial charge in [0.15, 0.2) is 5.82 Å². The number of aromatic nitrogens is 4. The number of ether oxygens (including phenoxy) is 1. The fourth-order valence-corrected chi connectivity index (χ4v) is 3.50. The van der Waals surface area contributed by atoms with Crippen molar-refractivity contribution < 1.29 is 9.53 Å². The molecule has 0 atom stereocenters. The van der Waals surface area contributed by atoms with E-state index in [1.807, 2.05) is 25.3 Å². The van der Waals surface area contributed by atoms with E-state index in [-0.39, 0.29) is 6.09 Å². The highest BCUT2D eigenvalue weighted by atomic mass is 16.6. The Morgan fingerprint density at radius 2 is 2.07 bits per heavy atom. The zero-order valence-electron chi connectivity index (χ0n) is 16.5. The Morgan fingerprint density at radius 1 is 1.24 bits per heavy atom. The molecule has 2 aromatic heterocycles. The molecule has 1 aliphatic rings. The quantitative estimate of drug-likeness (QED) is 0.661. The Hall–Kier alpha value is -3.36. The lowest BCUT2D eigenvalue weighted by molar-refractivity contribution is 0.105. The number of nitrogens with zero attached hydrogens (tertiary/aromatic N) is 5. The van der Waals surface area contributed by atoms with Crippen LogP contribution in [-0.2, 0) is 11.2 Å². The summed E-state index contributed by atoms with van der Waals surface area (Å²) >= 11 is 0. The molecule has 9 nitrogen and oxygen atoms in total. The van der Waals surface area contributed by atoms with Gasteiger partial charge >= 0.3 is 6.09 Å². The maximum absolute atomic E-state index is 11.8. The number of H-pyrrole nitrogens is 1. The fourth-order valence-electron chi connectivity index (χ4n) is 3.50. The number of fused-ring (bicyclic) bond motifs is 1. The lowest BCUT2D eigenvalue weighted by Gasteiger charge is -2.34. The monoisotopic (exact) mass is 395 g/mol. The van der Waals surface area contributed by atoms with Crippen LogP contribution < -0.4 is 10.2 Å². The molecular weight excluding hydrogens is 370 g/mol. The number of para-hydroxylation sites is 1. The largest absolute Gasteiger partial charge is 0.450 e. The molecule has 0 saturated carbocycles. The van der Waals surface area contributed by atoms with Crippen molar-refractivity contribution >= 4 is 28.8 Å².